The van der Waals surface area contributed by atoms with Gasteiger partial charge < -0.3 is 4.74 Å². The van der Waals surface area contributed by atoms with Gasteiger partial charge in [-0.1, -0.05) is 12.1 Å². The van der Waals surface area contributed by atoms with Gasteiger partial charge in [-0.3, -0.25) is 25.2 Å². The predicted molar refractivity (Wildman–Crippen MR) is 117 cm³/mol. The Labute approximate surface area is 192 Å². The number of hydrogen-bond acceptors (Lipinski definition) is 5. The lowest BCUT2D eigenvalue weighted by Gasteiger charge is -2.12. The van der Waals surface area contributed by atoms with Crippen LogP contribution in [-0.2, 0) is 16.2 Å². The van der Waals surface area contributed by atoms with Gasteiger partial charge in [0.1, 0.15) is 5.75 Å². The van der Waals surface area contributed by atoms with Crippen LogP contribution in [0.5, 0.6) is 5.75 Å². The van der Waals surface area contributed by atoms with Gasteiger partial charge in [0.2, 0.25) is 0 Å². The number of anilines is 1. The Morgan fingerprint density at radius 1 is 0.824 bits per heavy atom. The van der Waals surface area contributed by atoms with E-state index in [1.807, 2.05) is 0 Å². The molecule has 8 nitrogen and oxygen atoms in total. The van der Waals surface area contributed by atoms with Crippen molar-refractivity contribution in [3.8, 4) is 5.75 Å². The summed E-state index contributed by atoms with van der Waals surface area (Å²) in [5.74, 6) is -0.888. The van der Waals surface area contributed by atoms with Crippen LogP contribution in [0.3, 0.4) is 0 Å². The molecule has 2 amide bonds. The molecule has 3 aromatic carbocycles. The standard InChI is InChI=1S/C22H18F3N3O5S/c1-33-18-10-8-14(9-11-18)20(29)26-27-21(30)15-4-2-7-19(12-15)34(31,32)28-17-6-3-5-16(13-17)22(23,24)25/h2-13,28H,1H3,(H,26,29)(H,27,30). The average molecular weight is 493 g/mol. The Morgan fingerprint density at radius 2 is 1.44 bits per heavy atom. The maximum absolute atomic E-state index is 12.9. The van der Waals surface area contributed by atoms with Crippen molar-refractivity contribution in [1.82, 2.24) is 10.9 Å². The van der Waals surface area contributed by atoms with Crippen molar-refractivity contribution in [3.05, 3.63) is 89.5 Å². The van der Waals surface area contributed by atoms with Gasteiger partial charge in [0.15, 0.2) is 0 Å². The second-order valence-electron chi connectivity index (χ2n) is 6.85. The van der Waals surface area contributed by atoms with Crippen LogP contribution in [0.2, 0.25) is 0 Å². The molecule has 0 radical (unpaired) electrons. The van der Waals surface area contributed by atoms with Crippen LogP contribution in [0.15, 0.2) is 77.7 Å². The third kappa shape index (κ3) is 6.04. The Morgan fingerprint density at radius 3 is 2.06 bits per heavy atom. The van der Waals surface area contributed by atoms with E-state index in [0.717, 1.165) is 24.3 Å². The van der Waals surface area contributed by atoms with Crippen molar-refractivity contribution >= 4 is 27.5 Å². The zero-order chi connectivity index (χ0) is 24.9. The highest BCUT2D eigenvalue weighted by Gasteiger charge is 2.30. The minimum Gasteiger partial charge on any atom is -0.497 e. The molecule has 0 atom stereocenters. The Bertz CT molecular complexity index is 1310. The number of rotatable bonds is 6. The number of hydrogen-bond donors (Lipinski definition) is 3. The van der Waals surface area contributed by atoms with E-state index in [1.165, 1.54) is 37.4 Å². The average Bonchev–Trinajstić information content (AvgIpc) is 2.82. The van der Waals surface area contributed by atoms with Gasteiger partial charge in [-0.15, -0.1) is 0 Å². The molecule has 3 aromatic rings. The lowest BCUT2D eigenvalue weighted by molar-refractivity contribution is -0.137. The summed E-state index contributed by atoms with van der Waals surface area (Å²) in [6, 6.07) is 14.5. The number of sulfonamides is 1. The summed E-state index contributed by atoms with van der Waals surface area (Å²) in [7, 11) is -2.84. The summed E-state index contributed by atoms with van der Waals surface area (Å²) in [5, 5.41) is 0. The molecule has 178 valence electrons. The molecule has 3 N–H and O–H groups in total. The third-order valence-corrected chi connectivity index (χ3v) is 5.87. The van der Waals surface area contributed by atoms with Gasteiger partial charge >= 0.3 is 6.18 Å². The minimum absolute atomic E-state index is 0.109. The summed E-state index contributed by atoms with van der Waals surface area (Å²) in [6.45, 7) is 0. The smallest absolute Gasteiger partial charge is 0.416 e. The first-order chi connectivity index (χ1) is 16.0. The van der Waals surface area contributed by atoms with E-state index >= 15 is 0 Å². The molecule has 0 aromatic heterocycles. The molecule has 0 heterocycles. The second kappa shape index (κ2) is 9.83. The molecular formula is C22H18F3N3O5S. The number of methoxy groups -OCH3 is 1. The Kier molecular flexibility index (Phi) is 7.11. The van der Waals surface area contributed by atoms with Crippen LogP contribution in [-0.4, -0.2) is 27.3 Å². The summed E-state index contributed by atoms with van der Waals surface area (Å²) in [5.41, 5.74) is 3.18. The van der Waals surface area contributed by atoms with Crippen LogP contribution in [0.1, 0.15) is 26.3 Å². The molecule has 0 aliphatic heterocycles. The predicted octanol–water partition coefficient (Wildman–Crippen LogP) is 3.59. The zero-order valence-corrected chi connectivity index (χ0v) is 18.3. The van der Waals surface area contributed by atoms with Crippen LogP contribution in [0.25, 0.3) is 0 Å². The number of amides is 2. The largest absolute Gasteiger partial charge is 0.497 e. The van der Waals surface area contributed by atoms with E-state index in [-0.39, 0.29) is 21.7 Å². The van der Waals surface area contributed by atoms with E-state index in [4.69, 9.17) is 4.74 Å². The maximum atomic E-state index is 12.9. The molecule has 0 saturated heterocycles. The van der Waals surface area contributed by atoms with Crippen molar-refractivity contribution in [3.63, 3.8) is 0 Å². The summed E-state index contributed by atoms with van der Waals surface area (Å²) in [4.78, 5) is 24.2. The first-order valence-corrected chi connectivity index (χ1v) is 11.0. The Balaban J connectivity index is 1.70. The first-order valence-electron chi connectivity index (χ1n) is 9.54. The van der Waals surface area contributed by atoms with E-state index < -0.39 is 33.6 Å². The highest BCUT2D eigenvalue weighted by Crippen LogP contribution is 2.31. The molecule has 12 heteroatoms. The van der Waals surface area contributed by atoms with E-state index in [9.17, 15) is 31.2 Å². The van der Waals surface area contributed by atoms with Crippen LogP contribution >= 0.6 is 0 Å². The fourth-order valence-corrected chi connectivity index (χ4v) is 3.87. The molecule has 0 fully saturated rings. The molecule has 0 aliphatic rings. The van der Waals surface area contributed by atoms with Gasteiger partial charge in [-0.05, 0) is 60.7 Å². The summed E-state index contributed by atoms with van der Waals surface area (Å²) >= 11 is 0. The van der Waals surface area contributed by atoms with Crippen LogP contribution < -0.4 is 20.3 Å². The van der Waals surface area contributed by atoms with Gasteiger partial charge in [0.25, 0.3) is 21.8 Å². The number of nitrogens with one attached hydrogen (secondary N) is 3. The Hall–Kier alpha value is -4.06. The quantitative estimate of drug-likeness (QED) is 0.454. The first kappa shape index (κ1) is 24.6. The van der Waals surface area contributed by atoms with E-state index in [2.05, 4.69) is 15.6 Å². The number of ether oxygens (including phenoxy) is 1. The van der Waals surface area contributed by atoms with Crippen LogP contribution in [0.4, 0.5) is 18.9 Å². The van der Waals surface area contributed by atoms with Crippen molar-refractivity contribution in [2.45, 2.75) is 11.1 Å². The minimum atomic E-state index is -4.64. The van der Waals surface area contributed by atoms with Gasteiger partial charge in [-0.25, -0.2) is 8.42 Å². The highest BCUT2D eigenvalue weighted by atomic mass is 32.2. The third-order valence-electron chi connectivity index (χ3n) is 4.49. The molecular weight excluding hydrogens is 475 g/mol. The lowest BCUT2D eigenvalue weighted by atomic mass is 10.2. The zero-order valence-electron chi connectivity index (χ0n) is 17.5. The number of benzene rings is 3. The molecule has 0 unspecified atom stereocenters. The van der Waals surface area contributed by atoms with Gasteiger partial charge in [0.05, 0.1) is 17.6 Å². The van der Waals surface area contributed by atoms with Crippen molar-refractivity contribution in [1.29, 1.82) is 0 Å². The fraction of sp³-hybridized carbons (Fsp3) is 0.0909. The molecule has 0 saturated carbocycles. The number of carbonyl (C=O) groups excluding carboxylic acids is 2. The topological polar surface area (TPSA) is 114 Å². The van der Waals surface area contributed by atoms with Crippen molar-refractivity contribution in [2.24, 2.45) is 0 Å². The normalized spacial score (nSPS) is 11.4. The van der Waals surface area contributed by atoms with Gasteiger partial charge in [0, 0.05) is 16.8 Å². The monoisotopic (exact) mass is 493 g/mol. The second-order valence-corrected chi connectivity index (χ2v) is 8.53. The number of hydrazine groups is 1. The SMILES string of the molecule is COc1ccc(C(=O)NNC(=O)c2cccc(S(=O)(=O)Nc3cccc(C(F)(F)F)c3)c2)cc1. The summed E-state index contributed by atoms with van der Waals surface area (Å²) in [6.07, 6.45) is -4.64. The van der Waals surface area contributed by atoms with Crippen LogP contribution in [0, 0.1) is 0 Å². The fourth-order valence-electron chi connectivity index (χ4n) is 2.78. The van der Waals surface area contributed by atoms with Crippen molar-refractivity contribution in [2.75, 3.05) is 11.8 Å². The van der Waals surface area contributed by atoms with Gasteiger partial charge in [-0.2, -0.15) is 13.2 Å². The number of halogens is 3. The molecule has 3 rings (SSSR count). The van der Waals surface area contributed by atoms with E-state index in [1.54, 1.807) is 12.1 Å². The maximum Gasteiger partial charge on any atom is 0.416 e. The van der Waals surface area contributed by atoms with Crippen molar-refractivity contribution < 1.29 is 35.9 Å². The molecule has 34 heavy (non-hydrogen) atoms. The molecule has 0 spiro atoms. The number of carbonyl (C=O) groups is 2. The highest BCUT2D eigenvalue weighted by molar-refractivity contribution is 7.92. The summed E-state index contributed by atoms with van der Waals surface area (Å²) < 4.78 is 71.0. The lowest BCUT2D eigenvalue weighted by Crippen LogP contribution is -2.41. The van der Waals surface area contributed by atoms with E-state index in [0.29, 0.717) is 11.8 Å². The number of alkyl halides is 3. The molecule has 0 aliphatic carbocycles. The molecule has 0 bridgehead atoms.